The Balaban J connectivity index is 1.58. The van der Waals surface area contributed by atoms with Crippen molar-refractivity contribution in [1.29, 1.82) is 0 Å². The van der Waals surface area contributed by atoms with E-state index >= 15 is 0 Å². The minimum absolute atomic E-state index is 0.0428. The van der Waals surface area contributed by atoms with Gasteiger partial charge in [-0.1, -0.05) is 71.4 Å². The first kappa shape index (κ1) is 21.9. The molecule has 4 aliphatic rings. The van der Waals surface area contributed by atoms with E-state index in [9.17, 15) is 5.11 Å². The van der Waals surface area contributed by atoms with Crippen molar-refractivity contribution in [2.24, 2.45) is 40.4 Å². The first-order valence-corrected chi connectivity index (χ1v) is 13.1. The Morgan fingerprint density at radius 2 is 1.69 bits per heavy atom. The van der Waals surface area contributed by atoms with Gasteiger partial charge in [-0.3, -0.25) is 0 Å². The predicted octanol–water partition coefficient (Wildman–Crippen LogP) is 7.92. The summed E-state index contributed by atoms with van der Waals surface area (Å²) in [4.78, 5) is 0. The van der Waals surface area contributed by atoms with Crippen molar-refractivity contribution in [1.82, 2.24) is 0 Å². The van der Waals surface area contributed by atoms with Crippen LogP contribution in [0.25, 0.3) is 0 Å². The van der Waals surface area contributed by atoms with E-state index in [-0.39, 0.29) is 5.41 Å². The summed E-state index contributed by atoms with van der Waals surface area (Å²) in [6.45, 7) is 14.6. The van der Waals surface area contributed by atoms with Gasteiger partial charge in [0.05, 0.1) is 5.60 Å². The Morgan fingerprint density at radius 1 is 0.931 bits per heavy atom. The number of aliphatic hydroxyl groups is 1. The first-order chi connectivity index (χ1) is 13.6. The normalized spacial score (nSPS) is 45.7. The molecule has 0 aromatic rings. The lowest BCUT2D eigenvalue weighted by Crippen LogP contribution is -2.56. The van der Waals surface area contributed by atoms with E-state index in [4.69, 9.17) is 0 Å². The van der Waals surface area contributed by atoms with Crippen molar-refractivity contribution in [3.05, 3.63) is 11.1 Å². The number of allylic oxidation sites excluding steroid dienone is 1. The van der Waals surface area contributed by atoms with Gasteiger partial charge in [-0.15, -0.1) is 0 Å². The molecule has 1 nitrogen and oxygen atoms in total. The lowest BCUT2D eigenvalue weighted by atomic mass is 9.47. The molecule has 7 atom stereocenters. The topological polar surface area (TPSA) is 20.2 Å². The number of fused-ring (bicyclic) bond motifs is 4. The molecular weight excluding hydrogens is 352 g/mol. The van der Waals surface area contributed by atoms with Crippen molar-refractivity contribution in [2.75, 3.05) is 0 Å². The maximum atomic E-state index is 11.5. The van der Waals surface area contributed by atoms with E-state index in [0.29, 0.717) is 11.3 Å². The highest BCUT2D eigenvalue weighted by molar-refractivity contribution is 5.36. The van der Waals surface area contributed by atoms with E-state index in [1.807, 2.05) is 5.57 Å². The fraction of sp³-hybridized carbons (Fsp3) is 0.929. The molecule has 0 spiro atoms. The molecule has 0 saturated heterocycles. The molecular formula is C28H48O. The Kier molecular flexibility index (Phi) is 5.81. The third-order valence-corrected chi connectivity index (χ3v) is 10.8. The van der Waals surface area contributed by atoms with Gasteiger partial charge in [-0.2, -0.15) is 0 Å². The molecule has 166 valence electrons. The van der Waals surface area contributed by atoms with Gasteiger partial charge in [0.2, 0.25) is 0 Å². The highest BCUT2D eigenvalue weighted by atomic mass is 16.3. The van der Waals surface area contributed by atoms with Gasteiger partial charge in [0.15, 0.2) is 0 Å². The van der Waals surface area contributed by atoms with E-state index in [1.54, 1.807) is 5.57 Å². The Bertz CT molecular complexity index is 643. The van der Waals surface area contributed by atoms with Crippen molar-refractivity contribution in [3.8, 4) is 0 Å². The predicted molar refractivity (Wildman–Crippen MR) is 124 cm³/mol. The number of hydrogen-bond acceptors (Lipinski definition) is 1. The SMILES string of the molecule is CC(C)CCC[C@@H](C)[C@H]1CC[C@H]2C3=C(CC[C@]12C)[C@]1(C)C(CCCC1(C)O)CC3. The second-order valence-electron chi connectivity index (χ2n) is 12.7. The van der Waals surface area contributed by atoms with Gasteiger partial charge < -0.3 is 5.11 Å². The smallest absolute Gasteiger partial charge is 0.0712 e. The van der Waals surface area contributed by atoms with E-state index < -0.39 is 5.60 Å². The monoisotopic (exact) mass is 400 g/mol. The fourth-order valence-electron chi connectivity index (χ4n) is 8.88. The van der Waals surface area contributed by atoms with Gasteiger partial charge in [0.25, 0.3) is 0 Å². The van der Waals surface area contributed by atoms with Crippen LogP contribution in [0.5, 0.6) is 0 Å². The Hall–Kier alpha value is -0.300. The van der Waals surface area contributed by atoms with Gasteiger partial charge in [-0.05, 0) is 93.3 Å². The molecule has 1 N–H and O–H groups in total. The van der Waals surface area contributed by atoms with Crippen molar-refractivity contribution < 1.29 is 5.11 Å². The van der Waals surface area contributed by atoms with Crippen LogP contribution in [0, 0.1) is 40.4 Å². The molecule has 0 amide bonds. The molecule has 0 bridgehead atoms. The lowest BCUT2D eigenvalue weighted by Gasteiger charge is -2.59. The summed E-state index contributed by atoms with van der Waals surface area (Å²) < 4.78 is 0. The molecule has 2 saturated carbocycles. The zero-order valence-electron chi connectivity index (χ0n) is 20.3. The van der Waals surface area contributed by atoms with Crippen LogP contribution in [-0.4, -0.2) is 10.7 Å². The molecule has 2 fully saturated rings. The lowest BCUT2D eigenvalue weighted by molar-refractivity contribution is -0.114. The fourth-order valence-corrected chi connectivity index (χ4v) is 8.88. The third kappa shape index (κ3) is 3.37. The molecule has 0 radical (unpaired) electrons. The summed E-state index contributed by atoms with van der Waals surface area (Å²) in [6.07, 6.45) is 15.9. The maximum absolute atomic E-state index is 11.5. The van der Waals surface area contributed by atoms with E-state index in [1.165, 1.54) is 70.6 Å². The van der Waals surface area contributed by atoms with Gasteiger partial charge in [0.1, 0.15) is 0 Å². The van der Waals surface area contributed by atoms with Crippen molar-refractivity contribution in [2.45, 2.75) is 124 Å². The van der Waals surface area contributed by atoms with Gasteiger partial charge >= 0.3 is 0 Å². The Labute approximate surface area is 181 Å². The number of hydrogen-bond donors (Lipinski definition) is 1. The van der Waals surface area contributed by atoms with Crippen molar-refractivity contribution in [3.63, 3.8) is 0 Å². The molecule has 0 aliphatic heterocycles. The quantitative estimate of drug-likeness (QED) is 0.465. The van der Waals surface area contributed by atoms with Gasteiger partial charge in [-0.25, -0.2) is 0 Å². The molecule has 0 heterocycles. The minimum atomic E-state index is -0.507. The van der Waals surface area contributed by atoms with Crippen molar-refractivity contribution >= 4 is 0 Å². The molecule has 0 aromatic carbocycles. The van der Waals surface area contributed by atoms with E-state index in [2.05, 4.69) is 41.5 Å². The molecule has 1 heteroatoms. The summed E-state index contributed by atoms with van der Waals surface area (Å²) in [5, 5.41) is 11.5. The average molecular weight is 401 g/mol. The summed E-state index contributed by atoms with van der Waals surface area (Å²) in [5.41, 5.74) is 3.61. The first-order valence-electron chi connectivity index (χ1n) is 13.1. The number of rotatable bonds is 5. The standard InChI is InChI=1S/C28H48O/c1-19(2)9-7-10-20(3)23-14-15-24-22-13-12-21-11-8-17-27(5,29)28(21,6)25(22)16-18-26(23,24)4/h19-21,23-24,29H,7-18H2,1-6H3/t20-,21?,23-,24+,26-,27?,28+/m1/s1. The zero-order chi connectivity index (χ0) is 21.0. The average Bonchev–Trinajstić information content (AvgIpc) is 2.99. The highest BCUT2D eigenvalue weighted by Gasteiger charge is 2.59. The Morgan fingerprint density at radius 3 is 2.41 bits per heavy atom. The molecule has 4 rings (SSSR count). The minimum Gasteiger partial charge on any atom is -0.389 e. The van der Waals surface area contributed by atoms with E-state index in [0.717, 1.165) is 30.1 Å². The highest BCUT2D eigenvalue weighted by Crippen LogP contribution is 2.67. The van der Waals surface area contributed by atoms with Crippen LogP contribution in [-0.2, 0) is 0 Å². The maximum Gasteiger partial charge on any atom is 0.0712 e. The summed E-state index contributed by atoms with van der Waals surface area (Å²) in [5.74, 6) is 4.14. The van der Waals surface area contributed by atoms with Crippen LogP contribution in [0.4, 0.5) is 0 Å². The van der Waals surface area contributed by atoms with Crippen LogP contribution in [0.1, 0.15) is 119 Å². The zero-order valence-corrected chi connectivity index (χ0v) is 20.3. The summed E-state index contributed by atoms with van der Waals surface area (Å²) in [6, 6.07) is 0. The van der Waals surface area contributed by atoms with Crippen LogP contribution >= 0.6 is 0 Å². The largest absolute Gasteiger partial charge is 0.389 e. The molecule has 2 unspecified atom stereocenters. The van der Waals surface area contributed by atoms with Crippen LogP contribution in [0.15, 0.2) is 11.1 Å². The van der Waals surface area contributed by atoms with Crippen LogP contribution in [0.2, 0.25) is 0 Å². The summed E-state index contributed by atoms with van der Waals surface area (Å²) in [7, 11) is 0. The van der Waals surface area contributed by atoms with Crippen LogP contribution < -0.4 is 0 Å². The molecule has 4 aliphatic carbocycles. The summed E-state index contributed by atoms with van der Waals surface area (Å²) >= 11 is 0. The molecule has 0 aromatic heterocycles. The van der Waals surface area contributed by atoms with Gasteiger partial charge in [0, 0.05) is 5.41 Å². The molecule has 29 heavy (non-hydrogen) atoms. The third-order valence-electron chi connectivity index (χ3n) is 10.8. The second-order valence-corrected chi connectivity index (χ2v) is 12.7. The second kappa shape index (κ2) is 7.68. The van der Waals surface area contributed by atoms with Crippen LogP contribution in [0.3, 0.4) is 0 Å².